The highest BCUT2D eigenvalue weighted by molar-refractivity contribution is 5.90. The van der Waals surface area contributed by atoms with Gasteiger partial charge in [0.1, 0.15) is 5.58 Å². The lowest BCUT2D eigenvalue weighted by molar-refractivity contribution is -0.131. The average molecular weight is 267 g/mol. The SMILES string of the molecule is CC(=CC(=O)O)c1cc2ccccc2oc1=O.Cl. The molecule has 0 aliphatic carbocycles. The van der Waals surface area contributed by atoms with Crippen LogP contribution in [0.1, 0.15) is 12.5 Å². The number of carboxylic acid groups (broad SMARTS) is 1. The van der Waals surface area contributed by atoms with Crippen LogP contribution >= 0.6 is 12.4 Å². The van der Waals surface area contributed by atoms with Crippen molar-refractivity contribution in [3.8, 4) is 0 Å². The van der Waals surface area contributed by atoms with Gasteiger partial charge in [-0.2, -0.15) is 0 Å². The third-order valence-corrected chi connectivity index (χ3v) is 2.41. The lowest BCUT2D eigenvalue weighted by Gasteiger charge is -2.01. The number of hydrogen-bond acceptors (Lipinski definition) is 3. The van der Waals surface area contributed by atoms with Crippen LogP contribution in [0, 0.1) is 0 Å². The van der Waals surface area contributed by atoms with Crippen LogP contribution < -0.4 is 5.63 Å². The first-order valence-corrected chi connectivity index (χ1v) is 5.02. The van der Waals surface area contributed by atoms with Gasteiger partial charge in [0.25, 0.3) is 0 Å². The van der Waals surface area contributed by atoms with E-state index in [0.29, 0.717) is 11.2 Å². The van der Waals surface area contributed by atoms with Crippen LogP contribution in [0.15, 0.2) is 45.6 Å². The first kappa shape index (κ1) is 14.0. The number of benzene rings is 1. The first-order valence-electron chi connectivity index (χ1n) is 5.02. The van der Waals surface area contributed by atoms with E-state index >= 15 is 0 Å². The highest BCUT2D eigenvalue weighted by atomic mass is 35.5. The first-order chi connectivity index (χ1) is 8.08. The Kier molecular flexibility index (Phi) is 4.28. The molecule has 94 valence electrons. The van der Waals surface area contributed by atoms with Gasteiger partial charge in [0.2, 0.25) is 0 Å². The van der Waals surface area contributed by atoms with Gasteiger partial charge in [0.15, 0.2) is 0 Å². The van der Waals surface area contributed by atoms with E-state index in [9.17, 15) is 9.59 Å². The second kappa shape index (κ2) is 5.51. The molecule has 1 aromatic carbocycles. The molecule has 1 aromatic heterocycles. The fraction of sp³-hybridized carbons (Fsp3) is 0.0769. The topological polar surface area (TPSA) is 67.5 Å². The van der Waals surface area contributed by atoms with E-state index in [2.05, 4.69) is 0 Å². The van der Waals surface area contributed by atoms with E-state index in [0.717, 1.165) is 11.5 Å². The molecule has 5 heteroatoms. The van der Waals surface area contributed by atoms with Crippen molar-refractivity contribution in [3.63, 3.8) is 0 Å². The van der Waals surface area contributed by atoms with Gasteiger partial charge < -0.3 is 9.52 Å². The maximum Gasteiger partial charge on any atom is 0.343 e. The van der Waals surface area contributed by atoms with Gasteiger partial charge >= 0.3 is 11.6 Å². The molecule has 0 fully saturated rings. The fourth-order valence-electron chi connectivity index (χ4n) is 1.60. The van der Waals surface area contributed by atoms with Crippen molar-refractivity contribution in [2.75, 3.05) is 0 Å². The Bertz CT molecular complexity index is 670. The van der Waals surface area contributed by atoms with Gasteiger partial charge in [-0.25, -0.2) is 9.59 Å². The van der Waals surface area contributed by atoms with Crippen molar-refractivity contribution in [1.82, 2.24) is 0 Å². The number of carboxylic acids is 1. The van der Waals surface area contributed by atoms with Crippen LogP contribution in [-0.4, -0.2) is 11.1 Å². The molecule has 18 heavy (non-hydrogen) atoms. The molecule has 0 bridgehead atoms. The van der Waals surface area contributed by atoms with Crippen molar-refractivity contribution in [1.29, 1.82) is 0 Å². The maximum absolute atomic E-state index is 11.7. The second-order valence-electron chi connectivity index (χ2n) is 3.65. The van der Waals surface area contributed by atoms with E-state index in [1.807, 2.05) is 6.07 Å². The quantitative estimate of drug-likeness (QED) is 0.670. The van der Waals surface area contributed by atoms with Crippen molar-refractivity contribution >= 4 is 34.9 Å². The number of carbonyl (C=O) groups is 1. The molecule has 1 N–H and O–H groups in total. The number of rotatable bonds is 2. The minimum absolute atomic E-state index is 0. The summed E-state index contributed by atoms with van der Waals surface area (Å²) in [5, 5.41) is 9.40. The zero-order valence-corrected chi connectivity index (χ0v) is 10.4. The average Bonchev–Trinajstić information content (AvgIpc) is 2.27. The maximum atomic E-state index is 11.7. The van der Waals surface area contributed by atoms with E-state index in [4.69, 9.17) is 9.52 Å². The number of allylic oxidation sites excluding steroid dienone is 1. The zero-order chi connectivity index (χ0) is 12.4. The molecule has 0 saturated carbocycles. The molecule has 4 nitrogen and oxygen atoms in total. The molecule has 0 unspecified atom stereocenters. The van der Waals surface area contributed by atoms with E-state index in [1.54, 1.807) is 31.2 Å². The molecular weight excluding hydrogens is 256 g/mol. The standard InChI is InChI=1S/C13H10O4.ClH/c1-8(6-12(14)15)10-7-9-4-2-3-5-11(9)17-13(10)16;/h2-7H,1H3,(H,14,15);1H. The molecule has 0 aliphatic heterocycles. The Morgan fingerprint density at radius 2 is 2.00 bits per heavy atom. The van der Waals surface area contributed by atoms with Gasteiger partial charge in [-0.3, -0.25) is 0 Å². The summed E-state index contributed by atoms with van der Waals surface area (Å²) in [5.41, 5.74) is 0.603. The predicted octanol–water partition coefficient (Wildman–Crippen LogP) is 2.70. The van der Waals surface area contributed by atoms with Crippen LogP contribution in [0.5, 0.6) is 0 Å². The third kappa shape index (κ3) is 2.78. The smallest absolute Gasteiger partial charge is 0.343 e. The van der Waals surface area contributed by atoms with Gasteiger partial charge in [-0.05, 0) is 24.6 Å². The Morgan fingerprint density at radius 3 is 2.67 bits per heavy atom. The van der Waals surface area contributed by atoms with Crippen molar-refractivity contribution in [2.24, 2.45) is 0 Å². The summed E-state index contributed by atoms with van der Waals surface area (Å²) in [7, 11) is 0. The van der Waals surface area contributed by atoms with Gasteiger partial charge in [-0.15, -0.1) is 12.4 Å². The summed E-state index contributed by atoms with van der Waals surface area (Å²) in [4.78, 5) is 22.2. The van der Waals surface area contributed by atoms with Gasteiger partial charge in [0.05, 0.1) is 5.56 Å². The second-order valence-corrected chi connectivity index (χ2v) is 3.65. The summed E-state index contributed by atoms with van der Waals surface area (Å²) >= 11 is 0. The van der Waals surface area contributed by atoms with Crippen molar-refractivity contribution in [3.05, 3.63) is 52.4 Å². The Morgan fingerprint density at radius 1 is 1.33 bits per heavy atom. The number of halogens is 1. The van der Waals surface area contributed by atoms with Crippen molar-refractivity contribution in [2.45, 2.75) is 6.92 Å². The van der Waals surface area contributed by atoms with Crippen LogP contribution in [0.3, 0.4) is 0 Å². The summed E-state index contributed by atoms with van der Waals surface area (Å²) in [6.07, 6.45) is 0.987. The minimum atomic E-state index is -1.09. The molecule has 0 saturated heterocycles. The summed E-state index contributed by atoms with van der Waals surface area (Å²) in [5.74, 6) is -1.09. The highest BCUT2D eigenvalue weighted by Crippen LogP contribution is 2.17. The van der Waals surface area contributed by atoms with Gasteiger partial charge in [-0.1, -0.05) is 18.2 Å². The predicted molar refractivity (Wildman–Crippen MR) is 71.0 cm³/mol. The Labute approximate surface area is 109 Å². The molecule has 0 atom stereocenters. The summed E-state index contributed by atoms with van der Waals surface area (Å²) < 4.78 is 5.11. The Hall–Kier alpha value is -2.07. The number of para-hydroxylation sites is 1. The molecular formula is C13H11ClO4. The van der Waals surface area contributed by atoms with Crippen molar-refractivity contribution < 1.29 is 14.3 Å². The zero-order valence-electron chi connectivity index (χ0n) is 9.54. The monoisotopic (exact) mass is 266 g/mol. The van der Waals surface area contributed by atoms with Crippen LogP contribution in [0.4, 0.5) is 0 Å². The molecule has 1 heterocycles. The lowest BCUT2D eigenvalue weighted by atomic mass is 10.1. The normalized spacial score (nSPS) is 11.1. The molecule has 2 rings (SSSR count). The van der Waals surface area contributed by atoms with Crippen LogP contribution in [0.25, 0.3) is 16.5 Å². The molecule has 0 radical (unpaired) electrons. The largest absolute Gasteiger partial charge is 0.478 e. The lowest BCUT2D eigenvalue weighted by Crippen LogP contribution is -2.06. The van der Waals surface area contributed by atoms with Gasteiger partial charge in [0, 0.05) is 11.5 Å². The summed E-state index contributed by atoms with van der Waals surface area (Å²) in [6.45, 7) is 1.56. The fourth-order valence-corrected chi connectivity index (χ4v) is 1.60. The van der Waals surface area contributed by atoms with Crippen LogP contribution in [0.2, 0.25) is 0 Å². The van der Waals surface area contributed by atoms with E-state index in [-0.39, 0.29) is 18.0 Å². The third-order valence-electron chi connectivity index (χ3n) is 2.41. The molecule has 0 aliphatic rings. The molecule has 0 spiro atoms. The number of hydrogen-bond donors (Lipinski definition) is 1. The summed E-state index contributed by atoms with van der Waals surface area (Å²) in [6, 6.07) is 8.72. The number of fused-ring (bicyclic) bond motifs is 1. The molecule has 0 amide bonds. The molecule has 2 aromatic rings. The van der Waals surface area contributed by atoms with E-state index in [1.165, 1.54) is 0 Å². The Balaban J connectivity index is 0.00000162. The number of aliphatic carboxylic acids is 1. The highest BCUT2D eigenvalue weighted by Gasteiger charge is 2.07. The van der Waals surface area contributed by atoms with E-state index < -0.39 is 11.6 Å². The van der Waals surface area contributed by atoms with Crippen LogP contribution in [-0.2, 0) is 4.79 Å². The minimum Gasteiger partial charge on any atom is -0.478 e.